The van der Waals surface area contributed by atoms with Crippen molar-refractivity contribution in [2.24, 2.45) is 11.3 Å². The SMILES string of the molecule is CCC(CC)C(C)(C)NCCC(C)(C)C. The standard InChI is InChI=1S/C14H31N/c1-8-12(9-2)14(6,7)15-11-10-13(3,4)5/h12,15H,8-11H2,1-7H3. The average Bonchev–Trinajstić information content (AvgIpc) is 2.02. The summed E-state index contributed by atoms with van der Waals surface area (Å²) < 4.78 is 0. The van der Waals surface area contributed by atoms with Crippen molar-refractivity contribution in [3.63, 3.8) is 0 Å². The highest BCUT2D eigenvalue weighted by Gasteiger charge is 2.26. The molecule has 0 aromatic carbocycles. The second-order valence-corrected chi connectivity index (χ2v) is 6.47. The first-order valence-corrected chi connectivity index (χ1v) is 6.48. The molecule has 1 N–H and O–H groups in total. The zero-order chi connectivity index (χ0) is 12.1. The molecule has 1 nitrogen and oxygen atoms in total. The molecule has 0 heterocycles. The molecule has 0 saturated heterocycles. The maximum Gasteiger partial charge on any atom is 0.0153 e. The third-order valence-electron chi connectivity index (χ3n) is 3.46. The first-order chi connectivity index (χ1) is 6.73. The molecular weight excluding hydrogens is 182 g/mol. The summed E-state index contributed by atoms with van der Waals surface area (Å²) in [5, 5.41) is 3.72. The Bertz CT molecular complexity index is 161. The Balaban J connectivity index is 4.03. The summed E-state index contributed by atoms with van der Waals surface area (Å²) in [6.07, 6.45) is 3.79. The van der Waals surface area contributed by atoms with Crippen molar-refractivity contribution in [3.05, 3.63) is 0 Å². The molecule has 0 aliphatic carbocycles. The fraction of sp³-hybridized carbons (Fsp3) is 1.00. The fourth-order valence-electron chi connectivity index (χ4n) is 2.21. The van der Waals surface area contributed by atoms with Gasteiger partial charge in [0.25, 0.3) is 0 Å². The number of nitrogens with one attached hydrogen (secondary N) is 1. The summed E-state index contributed by atoms with van der Waals surface area (Å²) in [5.74, 6) is 0.789. The van der Waals surface area contributed by atoms with Crippen LogP contribution in [-0.2, 0) is 0 Å². The van der Waals surface area contributed by atoms with Gasteiger partial charge in [-0.25, -0.2) is 0 Å². The van der Waals surface area contributed by atoms with Gasteiger partial charge < -0.3 is 5.32 Å². The molecule has 0 fully saturated rings. The molecule has 0 atom stereocenters. The van der Waals surface area contributed by atoms with Gasteiger partial charge in [-0.15, -0.1) is 0 Å². The van der Waals surface area contributed by atoms with Crippen LogP contribution in [0.25, 0.3) is 0 Å². The second kappa shape index (κ2) is 5.89. The van der Waals surface area contributed by atoms with Gasteiger partial charge in [0.15, 0.2) is 0 Å². The van der Waals surface area contributed by atoms with Crippen LogP contribution < -0.4 is 5.32 Å². The largest absolute Gasteiger partial charge is 0.311 e. The van der Waals surface area contributed by atoms with Crippen LogP contribution in [0.5, 0.6) is 0 Å². The molecule has 15 heavy (non-hydrogen) atoms. The maximum atomic E-state index is 3.72. The molecule has 0 saturated carbocycles. The van der Waals surface area contributed by atoms with Gasteiger partial charge in [-0.1, -0.05) is 47.5 Å². The third-order valence-corrected chi connectivity index (χ3v) is 3.46. The zero-order valence-corrected chi connectivity index (χ0v) is 11.9. The van der Waals surface area contributed by atoms with E-state index in [-0.39, 0.29) is 5.54 Å². The van der Waals surface area contributed by atoms with E-state index in [9.17, 15) is 0 Å². The van der Waals surface area contributed by atoms with Crippen LogP contribution in [0, 0.1) is 11.3 Å². The molecule has 0 aromatic rings. The Labute approximate surface area is 97.0 Å². The third kappa shape index (κ3) is 6.19. The molecule has 0 spiro atoms. The Morgan fingerprint density at radius 1 is 0.933 bits per heavy atom. The van der Waals surface area contributed by atoms with Crippen LogP contribution in [-0.4, -0.2) is 12.1 Å². The molecule has 0 aliphatic rings. The van der Waals surface area contributed by atoms with E-state index >= 15 is 0 Å². The lowest BCUT2D eigenvalue weighted by Crippen LogP contribution is -2.46. The minimum atomic E-state index is 0.286. The smallest absolute Gasteiger partial charge is 0.0153 e. The number of hydrogen-bond acceptors (Lipinski definition) is 1. The Morgan fingerprint density at radius 3 is 1.73 bits per heavy atom. The molecule has 1 heteroatoms. The van der Waals surface area contributed by atoms with Gasteiger partial charge in [-0.3, -0.25) is 0 Å². The van der Waals surface area contributed by atoms with Gasteiger partial charge in [-0.2, -0.15) is 0 Å². The summed E-state index contributed by atoms with van der Waals surface area (Å²) in [4.78, 5) is 0. The predicted octanol–water partition coefficient (Wildman–Crippen LogP) is 4.23. The minimum absolute atomic E-state index is 0.286. The van der Waals surface area contributed by atoms with Crippen molar-refractivity contribution in [1.29, 1.82) is 0 Å². The van der Waals surface area contributed by atoms with Gasteiger partial charge in [0.2, 0.25) is 0 Å². The molecule has 0 aromatic heterocycles. The minimum Gasteiger partial charge on any atom is -0.311 e. The zero-order valence-electron chi connectivity index (χ0n) is 11.9. The van der Waals surface area contributed by atoms with Crippen molar-refractivity contribution < 1.29 is 0 Å². The van der Waals surface area contributed by atoms with Crippen molar-refractivity contribution in [2.45, 2.75) is 73.3 Å². The van der Waals surface area contributed by atoms with Crippen molar-refractivity contribution in [1.82, 2.24) is 5.32 Å². The quantitative estimate of drug-likeness (QED) is 0.696. The van der Waals surface area contributed by atoms with Gasteiger partial charge in [-0.05, 0) is 38.1 Å². The van der Waals surface area contributed by atoms with Crippen LogP contribution in [0.3, 0.4) is 0 Å². The van der Waals surface area contributed by atoms with Crippen LogP contribution in [0.4, 0.5) is 0 Å². The summed E-state index contributed by atoms with van der Waals surface area (Å²) in [6.45, 7) is 17.3. The highest BCUT2D eigenvalue weighted by atomic mass is 15.0. The molecule has 0 unspecified atom stereocenters. The van der Waals surface area contributed by atoms with Crippen molar-refractivity contribution >= 4 is 0 Å². The Kier molecular flexibility index (Phi) is 5.87. The van der Waals surface area contributed by atoms with Crippen molar-refractivity contribution in [3.8, 4) is 0 Å². The Morgan fingerprint density at radius 2 is 1.40 bits per heavy atom. The molecule has 0 rings (SSSR count). The van der Waals surface area contributed by atoms with Gasteiger partial charge >= 0.3 is 0 Å². The first-order valence-electron chi connectivity index (χ1n) is 6.48. The topological polar surface area (TPSA) is 12.0 Å². The van der Waals surface area contributed by atoms with Gasteiger partial charge in [0, 0.05) is 5.54 Å². The first kappa shape index (κ1) is 15.0. The van der Waals surface area contributed by atoms with E-state index in [0.29, 0.717) is 5.41 Å². The van der Waals surface area contributed by atoms with Crippen LogP contribution >= 0.6 is 0 Å². The summed E-state index contributed by atoms with van der Waals surface area (Å²) in [5.41, 5.74) is 0.728. The van der Waals surface area contributed by atoms with Crippen molar-refractivity contribution in [2.75, 3.05) is 6.54 Å². The Hall–Kier alpha value is -0.0400. The molecule has 0 aliphatic heterocycles. The van der Waals surface area contributed by atoms with E-state index in [1.807, 2.05) is 0 Å². The fourth-order valence-corrected chi connectivity index (χ4v) is 2.21. The maximum absolute atomic E-state index is 3.72. The summed E-state index contributed by atoms with van der Waals surface area (Å²) in [6, 6.07) is 0. The van der Waals surface area contributed by atoms with E-state index in [4.69, 9.17) is 0 Å². The molecule has 0 radical (unpaired) electrons. The van der Waals surface area contributed by atoms with E-state index in [2.05, 4.69) is 53.8 Å². The molecular formula is C14H31N. The molecule has 0 amide bonds. The van der Waals surface area contributed by atoms with E-state index in [0.717, 1.165) is 12.5 Å². The second-order valence-electron chi connectivity index (χ2n) is 6.47. The normalized spacial score (nSPS) is 13.6. The van der Waals surface area contributed by atoms with E-state index in [1.54, 1.807) is 0 Å². The summed E-state index contributed by atoms with van der Waals surface area (Å²) >= 11 is 0. The number of hydrogen-bond donors (Lipinski definition) is 1. The van der Waals surface area contributed by atoms with Crippen LogP contribution in [0.2, 0.25) is 0 Å². The summed E-state index contributed by atoms with van der Waals surface area (Å²) in [7, 11) is 0. The average molecular weight is 213 g/mol. The lowest BCUT2D eigenvalue weighted by Gasteiger charge is -2.35. The van der Waals surface area contributed by atoms with Crippen LogP contribution in [0.1, 0.15) is 67.7 Å². The lowest BCUT2D eigenvalue weighted by molar-refractivity contribution is 0.225. The van der Waals surface area contributed by atoms with Crippen LogP contribution in [0.15, 0.2) is 0 Å². The van der Waals surface area contributed by atoms with E-state index < -0.39 is 0 Å². The highest BCUT2D eigenvalue weighted by molar-refractivity contribution is 4.85. The number of rotatable bonds is 6. The van der Waals surface area contributed by atoms with Gasteiger partial charge in [0.05, 0.1) is 0 Å². The highest BCUT2D eigenvalue weighted by Crippen LogP contribution is 2.24. The van der Waals surface area contributed by atoms with Gasteiger partial charge in [0.1, 0.15) is 0 Å². The molecule has 0 bridgehead atoms. The molecule has 92 valence electrons. The van der Waals surface area contributed by atoms with E-state index in [1.165, 1.54) is 19.3 Å². The lowest BCUT2D eigenvalue weighted by atomic mass is 9.83. The predicted molar refractivity (Wildman–Crippen MR) is 70.2 cm³/mol. The monoisotopic (exact) mass is 213 g/mol.